The van der Waals surface area contributed by atoms with Crippen molar-refractivity contribution in [1.82, 2.24) is 0 Å². The largest absolute Gasteiger partial charge is 0.497 e. The third kappa shape index (κ3) is 1.84. The summed E-state index contributed by atoms with van der Waals surface area (Å²) in [5, 5.41) is 3.77. The quantitative estimate of drug-likeness (QED) is 0.521. The number of hydrogen-bond donors (Lipinski definition) is 0. The smallest absolute Gasteiger partial charge is 0.213 e. The molecule has 22 heavy (non-hydrogen) atoms. The molecule has 0 saturated carbocycles. The Labute approximate surface area is 132 Å². The molecule has 0 unspecified atom stereocenters. The molecule has 4 rings (SSSR count). The van der Waals surface area contributed by atoms with E-state index in [9.17, 15) is 0 Å². The van der Waals surface area contributed by atoms with E-state index in [-0.39, 0.29) is 0 Å². The monoisotopic (exact) mass is 310 g/mol. The molecule has 3 nitrogen and oxygen atoms in total. The van der Waals surface area contributed by atoms with Gasteiger partial charge in [-0.3, -0.25) is 0 Å². The second kappa shape index (κ2) is 4.85. The van der Waals surface area contributed by atoms with E-state index in [0.29, 0.717) is 0 Å². The molecule has 0 aliphatic rings. The minimum absolute atomic E-state index is 0.882. The van der Waals surface area contributed by atoms with Crippen LogP contribution in [0.1, 0.15) is 0 Å². The number of pyridine rings is 1. The van der Waals surface area contributed by atoms with Crippen LogP contribution in [0.4, 0.5) is 0 Å². The van der Waals surface area contributed by atoms with Gasteiger partial charge in [-0.25, -0.2) is 0 Å². The lowest BCUT2D eigenvalue weighted by molar-refractivity contribution is -0.643. The summed E-state index contributed by atoms with van der Waals surface area (Å²) in [4.78, 5) is 0. The van der Waals surface area contributed by atoms with E-state index < -0.39 is 0 Å². The predicted molar refractivity (Wildman–Crippen MR) is 91.1 cm³/mol. The van der Waals surface area contributed by atoms with Crippen LogP contribution in [0.3, 0.4) is 0 Å². The lowest BCUT2D eigenvalue weighted by atomic mass is 10.1. The summed E-state index contributed by atoms with van der Waals surface area (Å²) in [6.07, 6.45) is 2.20. The number of fused-ring (bicyclic) bond motifs is 5. The molecule has 0 saturated heterocycles. The highest BCUT2D eigenvalue weighted by Gasteiger charge is 2.16. The number of benzene rings is 2. The van der Waals surface area contributed by atoms with Gasteiger partial charge in [0, 0.05) is 21.5 Å². The number of thiophene rings is 1. The third-order valence-electron chi connectivity index (χ3n) is 4.09. The van der Waals surface area contributed by atoms with Crippen LogP contribution in [-0.4, -0.2) is 14.2 Å². The van der Waals surface area contributed by atoms with Crippen molar-refractivity contribution in [3.63, 3.8) is 0 Å². The summed E-state index contributed by atoms with van der Waals surface area (Å²) in [5.74, 6) is 1.78. The summed E-state index contributed by atoms with van der Waals surface area (Å²) in [7, 11) is 5.49. The first-order chi connectivity index (χ1) is 10.7. The molecule has 0 fully saturated rings. The topological polar surface area (TPSA) is 22.3 Å². The number of methoxy groups -OCH3 is 2. The second-order valence-corrected chi connectivity index (χ2v) is 6.41. The van der Waals surface area contributed by atoms with Gasteiger partial charge in [-0.15, -0.1) is 11.3 Å². The number of hydrogen-bond acceptors (Lipinski definition) is 3. The van der Waals surface area contributed by atoms with Gasteiger partial charge in [-0.05, 0) is 30.3 Å². The third-order valence-corrected chi connectivity index (χ3v) is 5.18. The standard InChI is InChI=1S/C18H16NO2S/c1-19-10-17-18(14-8-11(20-2)5-7-15(14)19)13-6-4-12(21-3)9-16(13)22-17/h4-10H,1-3H3/q+1. The fourth-order valence-electron chi connectivity index (χ4n) is 2.99. The number of aryl methyl sites for hydroxylation is 1. The zero-order valence-electron chi connectivity index (χ0n) is 12.7. The van der Waals surface area contributed by atoms with Gasteiger partial charge in [-0.2, -0.15) is 4.57 Å². The Kier molecular flexibility index (Phi) is 2.94. The van der Waals surface area contributed by atoms with Crippen LogP contribution >= 0.6 is 11.3 Å². The van der Waals surface area contributed by atoms with E-state index in [1.807, 2.05) is 12.1 Å². The molecular formula is C18H16NO2S+. The minimum atomic E-state index is 0.882. The van der Waals surface area contributed by atoms with E-state index >= 15 is 0 Å². The van der Waals surface area contributed by atoms with E-state index in [2.05, 4.69) is 42.1 Å². The molecule has 2 aromatic heterocycles. The van der Waals surface area contributed by atoms with Crippen molar-refractivity contribution in [3.8, 4) is 11.5 Å². The summed E-state index contributed by atoms with van der Waals surface area (Å²) in [6.45, 7) is 0. The average Bonchev–Trinajstić information content (AvgIpc) is 2.91. The first-order valence-electron chi connectivity index (χ1n) is 7.08. The van der Waals surface area contributed by atoms with Crippen LogP contribution in [0.15, 0.2) is 42.6 Å². The molecule has 0 aliphatic carbocycles. The molecule has 0 amide bonds. The molecule has 0 bridgehead atoms. The van der Waals surface area contributed by atoms with Crippen LogP contribution in [0, 0.1) is 0 Å². The van der Waals surface area contributed by atoms with Crippen molar-refractivity contribution in [1.29, 1.82) is 0 Å². The highest BCUT2D eigenvalue weighted by molar-refractivity contribution is 7.26. The molecule has 0 N–H and O–H groups in total. The molecule has 0 spiro atoms. The van der Waals surface area contributed by atoms with Gasteiger partial charge >= 0.3 is 0 Å². The molecule has 0 atom stereocenters. The van der Waals surface area contributed by atoms with Gasteiger partial charge in [0.1, 0.15) is 23.2 Å². The van der Waals surface area contributed by atoms with Gasteiger partial charge in [0.15, 0.2) is 6.20 Å². The fourth-order valence-corrected chi connectivity index (χ4v) is 4.21. The van der Waals surface area contributed by atoms with Crippen LogP contribution in [0.2, 0.25) is 0 Å². The lowest BCUT2D eigenvalue weighted by Gasteiger charge is -2.03. The van der Waals surface area contributed by atoms with Crippen LogP contribution in [-0.2, 0) is 7.05 Å². The van der Waals surface area contributed by atoms with Crippen molar-refractivity contribution >= 4 is 42.4 Å². The van der Waals surface area contributed by atoms with Crippen molar-refractivity contribution < 1.29 is 14.0 Å². The van der Waals surface area contributed by atoms with Gasteiger partial charge in [0.2, 0.25) is 5.52 Å². The van der Waals surface area contributed by atoms with Gasteiger partial charge in [0.25, 0.3) is 0 Å². The molecule has 0 radical (unpaired) electrons. The summed E-state index contributed by atoms with van der Waals surface area (Å²) >= 11 is 1.79. The maximum Gasteiger partial charge on any atom is 0.213 e. The van der Waals surface area contributed by atoms with Gasteiger partial charge in [-0.1, -0.05) is 0 Å². The predicted octanol–water partition coefficient (Wildman–Crippen LogP) is 4.05. The normalized spacial score (nSPS) is 11.4. The highest BCUT2D eigenvalue weighted by atomic mass is 32.1. The molecule has 110 valence electrons. The van der Waals surface area contributed by atoms with E-state index in [0.717, 1.165) is 11.5 Å². The zero-order valence-corrected chi connectivity index (χ0v) is 13.5. The number of ether oxygens (including phenoxy) is 2. The lowest BCUT2D eigenvalue weighted by Crippen LogP contribution is -2.27. The molecular weight excluding hydrogens is 294 g/mol. The Morgan fingerprint density at radius 1 is 0.864 bits per heavy atom. The van der Waals surface area contributed by atoms with Gasteiger partial charge in [0.05, 0.1) is 19.6 Å². The van der Waals surface area contributed by atoms with E-state index in [1.54, 1.807) is 25.6 Å². The summed E-state index contributed by atoms with van der Waals surface area (Å²) in [6, 6.07) is 12.5. The summed E-state index contributed by atoms with van der Waals surface area (Å²) in [5.41, 5.74) is 1.20. The molecule has 2 heterocycles. The Morgan fingerprint density at radius 3 is 2.36 bits per heavy atom. The van der Waals surface area contributed by atoms with E-state index in [1.165, 1.54) is 31.1 Å². The maximum absolute atomic E-state index is 5.41. The number of nitrogens with zero attached hydrogens (tertiary/aromatic N) is 1. The molecule has 4 heteroatoms. The number of rotatable bonds is 2. The fraction of sp³-hybridized carbons (Fsp3) is 0.167. The second-order valence-electron chi connectivity index (χ2n) is 5.33. The van der Waals surface area contributed by atoms with E-state index in [4.69, 9.17) is 9.47 Å². The highest BCUT2D eigenvalue weighted by Crippen LogP contribution is 2.39. The maximum atomic E-state index is 5.41. The first-order valence-corrected chi connectivity index (χ1v) is 7.89. The number of aromatic nitrogens is 1. The SMILES string of the molecule is COc1ccc2c(c1)sc1c[n+](C)c3ccc(OC)cc3c12. The first kappa shape index (κ1) is 13.3. The molecule has 2 aromatic carbocycles. The van der Waals surface area contributed by atoms with Crippen molar-refractivity contribution in [2.45, 2.75) is 0 Å². The molecule has 4 aromatic rings. The summed E-state index contributed by atoms with van der Waals surface area (Å²) < 4.78 is 15.4. The Bertz CT molecular complexity index is 1020. The van der Waals surface area contributed by atoms with Crippen LogP contribution in [0.25, 0.3) is 31.1 Å². The Balaban J connectivity index is 2.20. The van der Waals surface area contributed by atoms with Crippen molar-refractivity contribution in [3.05, 3.63) is 42.6 Å². The Hall–Kier alpha value is -2.33. The minimum Gasteiger partial charge on any atom is -0.497 e. The van der Waals surface area contributed by atoms with Crippen molar-refractivity contribution in [2.75, 3.05) is 14.2 Å². The van der Waals surface area contributed by atoms with Gasteiger partial charge < -0.3 is 9.47 Å². The van der Waals surface area contributed by atoms with Crippen LogP contribution < -0.4 is 14.0 Å². The van der Waals surface area contributed by atoms with Crippen LogP contribution in [0.5, 0.6) is 11.5 Å². The molecule has 0 aliphatic heterocycles. The Morgan fingerprint density at radius 2 is 1.59 bits per heavy atom. The van der Waals surface area contributed by atoms with Crippen molar-refractivity contribution in [2.24, 2.45) is 7.05 Å². The average molecular weight is 310 g/mol. The zero-order chi connectivity index (χ0) is 15.3.